The van der Waals surface area contributed by atoms with Crippen molar-refractivity contribution >= 4 is 5.91 Å². The Morgan fingerprint density at radius 2 is 1.93 bits per heavy atom. The van der Waals surface area contributed by atoms with Gasteiger partial charge in [-0.25, -0.2) is 4.39 Å². The lowest BCUT2D eigenvalue weighted by Gasteiger charge is -2.22. The van der Waals surface area contributed by atoms with Crippen molar-refractivity contribution in [1.29, 1.82) is 5.26 Å². The molecule has 0 saturated heterocycles. The number of hydrogen-bond donors (Lipinski definition) is 2. The lowest BCUT2D eigenvalue weighted by Crippen LogP contribution is -2.88. The minimum Gasteiger partial charge on any atom is -0.333 e. The molecule has 0 radical (unpaired) electrons. The first-order valence-electron chi connectivity index (χ1n) is 9.95. The van der Waals surface area contributed by atoms with Crippen LogP contribution in [0.1, 0.15) is 55.3 Å². The third-order valence-corrected chi connectivity index (χ3v) is 5.54. The maximum absolute atomic E-state index is 13.8. The van der Waals surface area contributed by atoms with Gasteiger partial charge in [0, 0.05) is 11.1 Å². The Kier molecular flexibility index (Phi) is 6.43. The fourth-order valence-corrected chi connectivity index (χ4v) is 3.91. The molecule has 5 heteroatoms. The number of benzene rings is 2. The van der Waals surface area contributed by atoms with E-state index in [1.54, 1.807) is 6.07 Å². The number of hydrogen-bond acceptors (Lipinski definition) is 2. The van der Waals surface area contributed by atoms with Gasteiger partial charge in [-0.3, -0.25) is 4.79 Å². The average molecular weight is 380 g/mol. The summed E-state index contributed by atoms with van der Waals surface area (Å²) in [5.41, 5.74) is 2.35. The van der Waals surface area contributed by atoms with Gasteiger partial charge in [-0.05, 0) is 49.8 Å². The van der Waals surface area contributed by atoms with Crippen LogP contribution >= 0.6 is 0 Å². The van der Waals surface area contributed by atoms with E-state index in [1.165, 1.54) is 17.7 Å². The Bertz CT molecular complexity index is 851. The van der Waals surface area contributed by atoms with Crippen molar-refractivity contribution in [2.45, 2.75) is 50.6 Å². The maximum Gasteiger partial charge on any atom is 0.276 e. The topological polar surface area (TPSA) is 69.5 Å². The van der Waals surface area contributed by atoms with E-state index in [4.69, 9.17) is 0 Å². The summed E-state index contributed by atoms with van der Waals surface area (Å²) in [5.74, 6) is -0.449. The summed E-state index contributed by atoms with van der Waals surface area (Å²) in [5, 5.41) is 14.3. The molecule has 1 amide bonds. The number of nitrogens with zero attached hydrogens (tertiary/aromatic N) is 1. The van der Waals surface area contributed by atoms with E-state index in [9.17, 15) is 14.4 Å². The zero-order chi connectivity index (χ0) is 20.0. The fraction of sp³-hybridized carbons (Fsp3) is 0.391. The van der Waals surface area contributed by atoms with Crippen molar-refractivity contribution in [3.05, 3.63) is 71.0 Å². The van der Waals surface area contributed by atoms with Crippen LogP contribution in [0.15, 0.2) is 48.5 Å². The molecule has 1 aliphatic carbocycles. The van der Waals surface area contributed by atoms with Crippen LogP contribution in [0.4, 0.5) is 4.39 Å². The highest BCUT2D eigenvalue weighted by molar-refractivity contribution is 5.78. The number of nitriles is 1. The smallest absolute Gasteiger partial charge is 0.276 e. The quantitative estimate of drug-likeness (QED) is 0.775. The molecule has 1 saturated carbocycles. The number of carbonyl (C=O) groups excluding carboxylic acids is 1. The molecule has 3 N–H and O–H groups in total. The van der Waals surface area contributed by atoms with Gasteiger partial charge >= 0.3 is 0 Å². The molecule has 0 heterocycles. The van der Waals surface area contributed by atoms with Crippen molar-refractivity contribution in [1.82, 2.24) is 5.32 Å². The van der Waals surface area contributed by atoms with E-state index in [0.29, 0.717) is 12.8 Å². The molecule has 0 unspecified atom stereocenters. The van der Waals surface area contributed by atoms with Gasteiger partial charge in [-0.2, -0.15) is 5.26 Å². The highest BCUT2D eigenvalue weighted by Gasteiger charge is 2.35. The summed E-state index contributed by atoms with van der Waals surface area (Å²) < 4.78 is 13.8. The molecule has 1 aliphatic rings. The molecular formula is C23H27FN3O+. The van der Waals surface area contributed by atoms with Gasteiger partial charge in [0.2, 0.25) is 0 Å². The van der Waals surface area contributed by atoms with E-state index >= 15 is 0 Å². The van der Waals surface area contributed by atoms with Crippen LogP contribution in [-0.4, -0.2) is 18.0 Å². The maximum atomic E-state index is 13.8. The van der Waals surface area contributed by atoms with E-state index in [0.717, 1.165) is 30.4 Å². The SMILES string of the molecule is CCc1ccc([C@@H]([NH2+]CC(=O)NC2(C#N)CCCC2)c2cccc(F)c2)cc1. The van der Waals surface area contributed by atoms with E-state index in [2.05, 4.69) is 30.4 Å². The minimum absolute atomic E-state index is 0.157. The van der Waals surface area contributed by atoms with Crippen LogP contribution < -0.4 is 10.6 Å². The van der Waals surface area contributed by atoms with Crippen LogP contribution in [0.3, 0.4) is 0 Å². The number of carbonyl (C=O) groups is 1. The number of aryl methyl sites for hydroxylation is 1. The first kappa shape index (κ1) is 20.0. The molecule has 0 aromatic heterocycles. The molecule has 2 aromatic rings. The standard InChI is InChI=1S/C23H26FN3O/c1-2-17-8-10-18(11-9-17)22(19-6-5-7-20(24)14-19)26-15-21(28)27-23(16-25)12-3-4-13-23/h5-11,14,22,26H,2-4,12-13,15H2,1H3,(H,27,28)/p+1/t22-/m1/s1. The predicted molar refractivity (Wildman–Crippen MR) is 106 cm³/mol. The van der Waals surface area contributed by atoms with E-state index in [-0.39, 0.29) is 24.3 Å². The summed E-state index contributed by atoms with van der Waals surface area (Å²) in [6.07, 6.45) is 4.30. The largest absolute Gasteiger partial charge is 0.333 e. The number of amides is 1. The van der Waals surface area contributed by atoms with E-state index in [1.807, 2.05) is 23.5 Å². The molecule has 2 aromatic carbocycles. The van der Waals surface area contributed by atoms with E-state index < -0.39 is 5.54 Å². The molecule has 4 nitrogen and oxygen atoms in total. The van der Waals surface area contributed by atoms with Gasteiger partial charge < -0.3 is 10.6 Å². The van der Waals surface area contributed by atoms with Gasteiger partial charge in [0.1, 0.15) is 17.4 Å². The zero-order valence-corrected chi connectivity index (χ0v) is 16.2. The predicted octanol–water partition coefficient (Wildman–Crippen LogP) is 2.99. The van der Waals surface area contributed by atoms with Crippen LogP contribution in [-0.2, 0) is 11.2 Å². The van der Waals surface area contributed by atoms with Gasteiger partial charge in [0.15, 0.2) is 6.54 Å². The summed E-state index contributed by atoms with van der Waals surface area (Å²) in [4.78, 5) is 12.5. The molecule has 3 rings (SSSR count). The number of nitrogens with one attached hydrogen (secondary N) is 1. The average Bonchev–Trinajstić information content (AvgIpc) is 3.17. The highest BCUT2D eigenvalue weighted by Crippen LogP contribution is 2.28. The van der Waals surface area contributed by atoms with Crippen molar-refractivity contribution in [2.24, 2.45) is 0 Å². The van der Waals surface area contributed by atoms with Crippen molar-refractivity contribution < 1.29 is 14.5 Å². The summed E-state index contributed by atoms with van der Waals surface area (Å²) in [6, 6.07) is 16.8. The second-order valence-electron chi connectivity index (χ2n) is 7.52. The lowest BCUT2D eigenvalue weighted by atomic mass is 9.97. The molecule has 0 spiro atoms. The zero-order valence-electron chi connectivity index (χ0n) is 16.2. The van der Waals surface area contributed by atoms with Crippen LogP contribution in [0, 0.1) is 17.1 Å². The van der Waals surface area contributed by atoms with Crippen molar-refractivity contribution in [3.8, 4) is 6.07 Å². The first-order valence-corrected chi connectivity index (χ1v) is 9.95. The third kappa shape index (κ3) is 4.76. The van der Waals surface area contributed by atoms with Gasteiger partial charge in [-0.1, -0.05) is 43.3 Å². The fourth-order valence-electron chi connectivity index (χ4n) is 3.91. The number of halogens is 1. The Balaban J connectivity index is 1.75. The molecule has 1 atom stereocenters. The molecule has 0 aliphatic heterocycles. The second-order valence-corrected chi connectivity index (χ2v) is 7.52. The van der Waals surface area contributed by atoms with Crippen LogP contribution in [0.5, 0.6) is 0 Å². The van der Waals surface area contributed by atoms with Gasteiger partial charge in [0.25, 0.3) is 5.91 Å². The van der Waals surface area contributed by atoms with Gasteiger partial charge in [-0.15, -0.1) is 0 Å². The van der Waals surface area contributed by atoms with Crippen LogP contribution in [0.25, 0.3) is 0 Å². The molecular weight excluding hydrogens is 353 g/mol. The lowest BCUT2D eigenvalue weighted by molar-refractivity contribution is -0.676. The molecule has 0 bridgehead atoms. The van der Waals surface area contributed by atoms with Crippen molar-refractivity contribution in [2.75, 3.05) is 6.54 Å². The molecule has 28 heavy (non-hydrogen) atoms. The number of nitrogens with two attached hydrogens (primary N) is 1. The highest BCUT2D eigenvalue weighted by atomic mass is 19.1. The number of rotatable bonds is 7. The first-order chi connectivity index (χ1) is 13.5. The summed E-state index contributed by atoms with van der Waals surface area (Å²) in [6.45, 7) is 2.28. The third-order valence-electron chi connectivity index (χ3n) is 5.54. The number of quaternary nitrogens is 1. The van der Waals surface area contributed by atoms with Crippen molar-refractivity contribution in [3.63, 3.8) is 0 Å². The van der Waals surface area contributed by atoms with Gasteiger partial charge in [0.05, 0.1) is 6.07 Å². The second kappa shape index (κ2) is 8.99. The minimum atomic E-state index is -0.720. The Morgan fingerprint density at radius 1 is 1.21 bits per heavy atom. The summed E-state index contributed by atoms with van der Waals surface area (Å²) in [7, 11) is 0. The Labute approximate surface area is 165 Å². The molecule has 146 valence electrons. The summed E-state index contributed by atoms with van der Waals surface area (Å²) >= 11 is 0. The normalized spacial score (nSPS) is 16.3. The Hall–Kier alpha value is -2.71. The molecule has 1 fully saturated rings. The van der Waals surface area contributed by atoms with Crippen LogP contribution in [0.2, 0.25) is 0 Å². The Morgan fingerprint density at radius 3 is 2.54 bits per heavy atom. The monoisotopic (exact) mass is 380 g/mol.